The van der Waals surface area contributed by atoms with E-state index in [-0.39, 0.29) is 11.8 Å². The first-order valence-corrected chi connectivity index (χ1v) is 11.8. The molecule has 3 aromatic rings. The summed E-state index contributed by atoms with van der Waals surface area (Å²) in [6, 6.07) is 14.2. The van der Waals surface area contributed by atoms with Gasteiger partial charge in [0.15, 0.2) is 0 Å². The molecule has 0 spiro atoms. The second-order valence-electron chi connectivity index (χ2n) is 8.33. The summed E-state index contributed by atoms with van der Waals surface area (Å²) in [5, 5.41) is 5.08. The molecule has 32 heavy (non-hydrogen) atoms. The third kappa shape index (κ3) is 4.67. The molecule has 1 aliphatic heterocycles. The van der Waals surface area contributed by atoms with Crippen molar-refractivity contribution in [2.75, 3.05) is 25.4 Å². The summed E-state index contributed by atoms with van der Waals surface area (Å²) >= 11 is 1.71. The Morgan fingerprint density at radius 1 is 1.22 bits per heavy atom. The lowest BCUT2D eigenvalue weighted by atomic mass is 9.74. The van der Waals surface area contributed by atoms with Gasteiger partial charge in [0.25, 0.3) is 5.91 Å². The van der Waals surface area contributed by atoms with E-state index in [4.69, 9.17) is 5.73 Å². The molecular formula is C25H28N4O2S. The molecule has 1 aromatic carbocycles. The zero-order chi connectivity index (χ0) is 22.6. The first-order valence-electron chi connectivity index (χ1n) is 10.9. The number of hydrogen-bond donors (Lipinski definition) is 2. The van der Waals surface area contributed by atoms with Gasteiger partial charge in [-0.25, -0.2) is 0 Å². The predicted molar refractivity (Wildman–Crippen MR) is 128 cm³/mol. The number of rotatable bonds is 6. The maximum absolute atomic E-state index is 13.3. The van der Waals surface area contributed by atoms with Crippen LogP contribution in [-0.2, 0) is 11.2 Å². The first kappa shape index (κ1) is 22.0. The van der Waals surface area contributed by atoms with Crippen molar-refractivity contribution in [1.29, 1.82) is 0 Å². The zero-order valence-corrected chi connectivity index (χ0v) is 19.0. The second kappa shape index (κ2) is 9.53. The van der Waals surface area contributed by atoms with Crippen LogP contribution in [-0.4, -0.2) is 41.3 Å². The van der Waals surface area contributed by atoms with Gasteiger partial charge in [0.05, 0.1) is 16.7 Å². The van der Waals surface area contributed by atoms with Crippen molar-refractivity contribution in [1.82, 2.24) is 15.2 Å². The number of anilines is 1. The van der Waals surface area contributed by atoms with Crippen LogP contribution in [0.4, 0.5) is 5.69 Å². The highest BCUT2D eigenvalue weighted by atomic mass is 32.1. The molecule has 0 bridgehead atoms. The van der Waals surface area contributed by atoms with Gasteiger partial charge in [-0.05, 0) is 54.8 Å². The van der Waals surface area contributed by atoms with E-state index < -0.39 is 5.41 Å². The Kier molecular flexibility index (Phi) is 6.55. The average molecular weight is 449 g/mol. The minimum absolute atomic E-state index is 0.00512. The molecule has 6 nitrogen and oxygen atoms in total. The maximum atomic E-state index is 13.3. The van der Waals surface area contributed by atoms with Crippen LogP contribution in [0, 0.1) is 5.41 Å². The number of carbonyl (C=O) groups is 2. The van der Waals surface area contributed by atoms with Crippen LogP contribution >= 0.6 is 11.3 Å². The van der Waals surface area contributed by atoms with Gasteiger partial charge in [-0.15, -0.1) is 11.3 Å². The number of nitrogens with two attached hydrogens (primary N) is 1. The Labute approximate surface area is 192 Å². The van der Waals surface area contributed by atoms with Gasteiger partial charge in [0.2, 0.25) is 5.91 Å². The molecule has 4 rings (SSSR count). The van der Waals surface area contributed by atoms with Crippen LogP contribution in [0.2, 0.25) is 0 Å². The highest BCUT2D eigenvalue weighted by Crippen LogP contribution is 2.36. The summed E-state index contributed by atoms with van der Waals surface area (Å²) in [6.07, 6.45) is 5.15. The van der Waals surface area contributed by atoms with Gasteiger partial charge < -0.3 is 16.0 Å². The third-order valence-electron chi connectivity index (χ3n) is 5.99. The average Bonchev–Trinajstić information content (AvgIpc) is 3.34. The maximum Gasteiger partial charge on any atom is 0.255 e. The molecule has 7 heteroatoms. The van der Waals surface area contributed by atoms with E-state index in [0.29, 0.717) is 37.3 Å². The lowest BCUT2D eigenvalue weighted by Gasteiger charge is -2.42. The Bertz CT molecular complexity index is 1080. The number of nitrogens with zero attached hydrogens (tertiary/aromatic N) is 2. The van der Waals surface area contributed by atoms with Crippen LogP contribution in [0.15, 0.2) is 60.2 Å². The largest absolute Gasteiger partial charge is 0.397 e. The van der Waals surface area contributed by atoms with Gasteiger partial charge in [-0.2, -0.15) is 0 Å². The summed E-state index contributed by atoms with van der Waals surface area (Å²) in [5.41, 5.74) is 8.33. The Balaban J connectivity index is 1.58. The van der Waals surface area contributed by atoms with Crippen molar-refractivity contribution in [2.24, 2.45) is 5.41 Å². The quantitative estimate of drug-likeness (QED) is 0.597. The van der Waals surface area contributed by atoms with Crippen molar-refractivity contribution in [3.8, 4) is 10.4 Å². The molecule has 1 fully saturated rings. The molecule has 2 amide bonds. The first-order chi connectivity index (χ1) is 15.5. The van der Waals surface area contributed by atoms with E-state index in [1.807, 2.05) is 13.0 Å². The lowest BCUT2D eigenvalue weighted by molar-refractivity contribution is -0.133. The van der Waals surface area contributed by atoms with Gasteiger partial charge in [0, 0.05) is 36.9 Å². The Morgan fingerprint density at radius 2 is 2.03 bits per heavy atom. The standard InChI is InChI=1S/C25H28N4O2S/c1-2-28-24(31)25(14-18-6-8-19(9-7-18)22-5-3-12-32-22)10-4-11-29(17-25)23(30)20-13-21(26)16-27-15-20/h3,5-9,12-13,15-16H,2,4,10-11,14,17,26H2,1H3,(H,28,31). The molecule has 0 aliphatic carbocycles. The van der Waals surface area contributed by atoms with Crippen LogP contribution in [0.5, 0.6) is 0 Å². The van der Waals surface area contributed by atoms with E-state index >= 15 is 0 Å². The van der Waals surface area contributed by atoms with E-state index in [0.717, 1.165) is 18.4 Å². The molecule has 1 atom stereocenters. The summed E-state index contributed by atoms with van der Waals surface area (Å²) in [7, 11) is 0. The van der Waals surface area contributed by atoms with Crippen molar-refractivity contribution in [2.45, 2.75) is 26.2 Å². The van der Waals surface area contributed by atoms with E-state index in [1.54, 1.807) is 22.3 Å². The summed E-state index contributed by atoms with van der Waals surface area (Å²) in [4.78, 5) is 33.4. The van der Waals surface area contributed by atoms with E-state index in [2.05, 4.69) is 46.0 Å². The molecule has 1 unspecified atom stereocenters. The van der Waals surface area contributed by atoms with Crippen molar-refractivity contribution in [3.63, 3.8) is 0 Å². The molecule has 2 aromatic heterocycles. The van der Waals surface area contributed by atoms with Crippen LogP contribution in [0.3, 0.4) is 0 Å². The van der Waals surface area contributed by atoms with Crippen molar-refractivity contribution >= 4 is 28.8 Å². The fourth-order valence-corrected chi connectivity index (χ4v) is 5.17. The van der Waals surface area contributed by atoms with E-state index in [1.165, 1.54) is 22.8 Å². The molecule has 1 aliphatic rings. The monoisotopic (exact) mass is 448 g/mol. The number of amides is 2. The second-order valence-corrected chi connectivity index (χ2v) is 9.28. The Morgan fingerprint density at radius 3 is 2.72 bits per heavy atom. The molecule has 0 saturated carbocycles. The van der Waals surface area contributed by atoms with Crippen LogP contribution in [0.1, 0.15) is 35.7 Å². The topological polar surface area (TPSA) is 88.3 Å². The van der Waals surface area contributed by atoms with E-state index in [9.17, 15) is 9.59 Å². The number of nitrogen functional groups attached to an aromatic ring is 1. The number of piperidine rings is 1. The number of benzene rings is 1. The van der Waals surface area contributed by atoms with Gasteiger partial charge in [-0.3, -0.25) is 14.6 Å². The Hall–Kier alpha value is -3.19. The highest BCUT2D eigenvalue weighted by Gasteiger charge is 2.43. The number of nitrogens with one attached hydrogen (secondary N) is 1. The molecule has 3 heterocycles. The number of carbonyl (C=O) groups excluding carboxylic acids is 2. The molecule has 0 radical (unpaired) electrons. The zero-order valence-electron chi connectivity index (χ0n) is 18.2. The van der Waals surface area contributed by atoms with Crippen molar-refractivity contribution in [3.05, 3.63) is 71.4 Å². The molecule has 1 saturated heterocycles. The molecule has 166 valence electrons. The third-order valence-corrected chi connectivity index (χ3v) is 6.91. The number of thiophene rings is 1. The number of pyridine rings is 1. The summed E-state index contributed by atoms with van der Waals surface area (Å²) in [6.45, 7) is 3.47. The number of likely N-dealkylation sites (tertiary alicyclic amines) is 1. The smallest absolute Gasteiger partial charge is 0.255 e. The van der Waals surface area contributed by atoms with Gasteiger partial charge in [-0.1, -0.05) is 30.3 Å². The fraction of sp³-hybridized carbons (Fsp3) is 0.320. The van der Waals surface area contributed by atoms with Gasteiger partial charge in [0.1, 0.15) is 0 Å². The minimum Gasteiger partial charge on any atom is -0.397 e. The van der Waals surface area contributed by atoms with Crippen molar-refractivity contribution < 1.29 is 9.59 Å². The minimum atomic E-state index is -0.665. The normalized spacial score (nSPS) is 18.3. The summed E-state index contributed by atoms with van der Waals surface area (Å²) < 4.78 is 0. The fourth-order valence-electron chi connectivity index (χ4n) is 4.44. The number of aromatic nitrogens is 1. The molecular weight excluding hydrogens is 420 g/mol. The predicted octanol–water partition coefficient (Wildman–Crippen LogP) is 3.99. The number of hydrogen-bond acceptors (Lipinski definition) is 5. The van der Waals surface area contributed by atoms with Crippen LogP contribution < -0.4 is 11.1 Å². The molecule has 3 N–H and O–H groups in total. The SMILES string of the molecule is CCNC(=O)C1(Cc2ccc(-c3cccs3)cc2)CCCN(C(=O)c2cncc(N)c2)C1. The summed E-state index contributed by atoms with van der Waals surface area (Å²) in [5.74, 6) is -0.128. The van der Waals surface area contributed by atoms with Gasteiger partial charge >= 0.3 is 0 Å². The lowest BCUT2D eigenvalue weighted by Crippen LogP contribution is -2.54. The van der Waals surface area contributed by atoms with Crippen LogP contribution in [0.25, 0.3) is 10.4 Å². The highest BCUT2D eigenvalue weighted by molar-refractivity contribution is 7.13.